The zero-order valence-electron chi connectivity index (χ0n) is 11.8. The van der Waals surface area contributed by atoms with Crippen molar-refractivity contribution >= 4 is 22.4 Å². The molecule has 0 amide bonds. The van der Waals surface area contributed by atoms with E-state index in [0.29, 0.717) is 13.0 Å². The van der Waals surface area contributed by atoms with Crippen LogP contribution in [0.15, 0.2) is 5.38 Å². The Hall–Kier alpha value is -1.89. The first-order chi connectivity index (χ1) is 9.47. The van der Waals surface area contributed by atoms with Crippen molar-refractivity contribution in [3.8, 4) is 0 Å². The van der Waals surface area contributed by atoms with E-state index in [-0.39, 0.29) is 6.42 Å². The molecule has 0 bridgehead atoms. The van der Waals surface area contributed by atoms with E-state index >= 15 is 0 Å². The number of carboxylic acid groups (broad SMARTS) is 1. The molecule has 2 rings (SSSR count). The van der Waals surface area contributed by atoms with Crippen LogP contribution in [0.5, 0.6) is 0 Å². The lowest BCUT2D eigenvalue weighted by molar-refractivity contribution is -0.136. The van der Waals surface area contributed by atoms with E-state index in [1.165, 1.54) is 16.9 Å². The minimum absolute atomic E-state index is 0.115. The Kier molecular flexibility index (Phi) is 4.39. The Morgan fingerprint density at radius 3 is 2.85 bits per heavy atom. The summed E-state index contributed by atoms with van der Waals surface area (Å²) in [6.07, 6.45) is 0.586. The molecule has 0 radical (unpaired) electrons. The lowest BCUT2D eigenvalue weighted by atomic mass is 10.2. The van der Waals surface area contributed by atoms with E-state index in [9.17, 15) is 4.79 Å². The van der Waals surface area contributed by atoms with Gasteiger partial charge in [0, 0.05) is 36.7 Å². The highest BCUT2D eigenvalue weighted by Gasteiger charge is 2.10. The zero-order valence-corrected chi connectivity index (χ0v) is 12.6. The van der Waals surface area contributed by atoms with Gasteiger partial charge < -0.3 is 10.4 Å². The maximum absolute atomic E-state index is 10.5. The molecule has 0 aromatic carbocycles. The molecule has 20 heavy (non-hydrogen) atoms. The second-order valence-corrected chi connectivity index (χ2v) is 5.52. The normalized spacial score (nSPS) is 10.8. The molecule has 7 heteroatoms. The number of aromatic nitrogens is 3. The number of aliphatic carboxylic acids is 1. The summed E-state index contributed by atoms with van der Waals surface area (Å²) in [5.74, 6) is -0.797. The van der Waals surface area contributed by atoms with Crippen LogP contribution in [0.25, 0.3) is 0 Å². The Morgan fingerprint density at radius 1 is 1.50 bits per heavy atom. The van der Waals surface area contributed by atoms with Crippen LogP contribution >= 0.6 is 11.3 Å². The minimum atomic E-state index is -0.797. The second kappa shape index (κ2) is 6.04. The van der Waals surface area contributed by atoms with Crippen molar-refractivity contribution in [3.05, 3.63) is 28.0 Å². The van der Waals surface area contributed by atoms with Crippen LogP contribution in [0.2, 0.25) is 0 Å². The molecule has 0 aliphatic heterocycles. The molecule has 0 spiro atoms. The fourth-order valence-electron chi connectivity index (χ4n) is 1.98. The molecule has 0 unspecified atom stereocenters. The highest BCUT2D eigenvalue weighted by Crippen LogP contribution is 2.19. The molecule has 2 heterocycles. The summed E-state index contributed by atoms with van der Waals surface area (Å²) in [6, 6.07) is 0. The number of hydrogen-bond acceptors (Lipinski definition) is 5. The molecule has 2 aromatic heterocycles. The topological polar surface area (TPSA) is 80.0 Å². The van der Waals surface area contributed by atoms with E-state index in [1.807, 2.05) is 31.0 Å². The molecule has 0 aliphatic carbocycles. The third kappa shape index (κ3) is 3.36. The summed E-state index contributed by atoms with van der Waals surface area (Å²) in [5.41, 5.74) is 4.15. The summed E-state index contributed by atoms with van der Waals surface area (Å²) >= 11 is 1.50. The van der Waals surface area contributed by atoms with Crippen molar-refractivity contribution in [2.24, 2.45) is 7.05 Å². The fourth-order valence-corrected chi connectivity index (χ4v) is 2.72. The lowest BCUT2D eigenvalue weighted by Gasteiger charge is -2.03. The highest BCUT2D eigenvalue weighted by atomic mass is 32.1. The molecular formula is C13H18N4O2S. The molecule has 6 nitrogen and oxygen atoms in total. The molecule has 2 N–H and O–H groups in total. The van der Waals surface area contributed by atoms with Crippen molar-refractivity contribution in [3.63, 3.8) is 0 Å². The summed E-state index contributed by atoms with van der Waals surface area (Å²) in [4.78, 5) is 14.9. The Bertz CT molecular complexity index is 618. The van der Waals surface area contributed by atoms with Crippen LogP contribution in [-0.4, -0.2) is 25.8 Å². The van der Waals surface area contributed by atoms with Gasteiger partial charge in [0.25, 0.3) is 0 Å². The molecule has 0 atom stereocenters. The van der Waals surface area contributed by atoms with E-state index in [4.69, 9.17) is 5.11 Å². The quantitative estimate of drug-likeness (QED) is 0.853. The maximum atomic E-state index is 10.5. The van der Waals surface area contributed by atoms with Gasteiger partial charge in [-0.3, -0.25) is 9.48 Å². The van der Waals surface area contributed by atoms with Gasteiger partial charge in [0.2, 0.25) is 0 Å². The van der Waals surface area contributed by atoms with Gasteiger partial charge in [0.1, 0.15) is 0 Å². The minimum Gasteiger partial charge on any atom is -0.481 e. The van der Waals surface area contributed by atoms with Gasteiger partial charge in [-0.05, 0) is 13.8 Å². The average molecular weight is 294 g/mol. The van der Waals surface area contributed by atoms with Crippen LogP contribution in [-0.2, 0) is 24.8 Å². The second-order valence-electron chi connectivity index (χ2n) is 4.66. The van der Waals surface area contributed by atoms with Gasteiger partial charge in [-0.25, -0.2) is 4.98 Å². The van der Waals surface area contributed by atoms with Crippen molar-refractivity contribution < 1.29 is 9.90 Å². The Labute approximate surface area is 121 Å². The summed E-state index contributed by atoms with van der Waals surface area (Å²) in [6.45, 7) is 4.71. The molecule has 0 fully saturated rings. The summed E-state index contributed by atoms with van der Waals surface area (Å²) in [5, 5.41) is 19.0. The van der Waals surface area contributed by atoms with Gasteiger partial charge in [0.15, 0.2) is 5.13 Å². The Balaban J connectivity index is 1.95. The van der Waals surface area contributed by atoms with Gasteiger partial charge in [-0.1, -0.05) is 0 Å². The number of aryl methyl sites for hydroxylation is 3. The highest BCUT2D eigenvalue weighted by molar-refractivity contribution is 7.13. The number of carboxylic acids is 1. The van der Waals surface area contributed by atoms with Gasteiger partial charge in [-0.15, -0.1) is 11.3 Å². The van der Waals surface area contributed by atoms with Crippen molar-refractivity contribution in [1.29, 1.82) is 0 Å². The average Bonchev–Trinajstić information content (AvgIpc) is 2.92. The number of carbonyl (C=O) groups is 1. The third-order valence-corrected chi connectivity index (χ3v) is 4.07. The Morgan fingerprint density at radius 2 is 2.25 bits per heavy atom. The van der Waals surface area contributed by atoms with Gasteiger partial charge in [-0.2, -0.15) is 5.10 Å². The van der Waals surface area contributed by atoms with Gasteiger partial charge >= 0.3 is 5.97 Å². The number of hydrogen-bond donors (Lipinski definition) is 2. The smallest absolute Gasteiger partial charge is 0.303 e. The molecule has 0 saturated heterocycles. The first kappa shape index (κ1) is 14.5. The lowest BCUT2D eigenvalue weighted by Crippen LogP contribution is -2.02. The SMILES string of the molecule is Cc1nn(C)c(C)c1CNc1nc(CCC(=O)O)cs1. The van der Waals surface area contributed by atoms with Crippen molar-refractivity contribution in [2.75, 3.05) is 5.32 Å². The van der Waals surface area contributed by atoms with Crippen LogP contribution in [0.1, 0.15) is 29.1 Å². The molecule has 2 aromatic rings. The predicted octanol–water partition coefficient (Wildman–Crippen LogP) is 2.12. The summed E-state index contributed by atoms with van der Waals surface area (Å²) in [7, 11) is 1.93. The van der Waals surface area contributed by atoms with E-state index in [0.717, 1.165) is 22.2 Å². The monoisotopic (exact) mass is 294 g/mol. The molecule has 108 valence electrons. The number of rotatable bonds is 6. The third-order valence-electron chi connectivity index (χ3n) is 3.22. The molecule has 0 aliphatic rings. The van der Waals surface area contributed by atoms with Crippen LogP contribution < -0.4 is 5.32 Å². The first-order valence-electron chi connectivity index (χ1n) is 6.36. The summed E-state index contributed by atoms with van der Waals surface area (Å²) < 4.78 is 1.87. The number of anilines is 1. The fraction of sp³-hybridized carbons (Fsp3) is 0.462. The predicted molar refractivity (Wildman–Crippen MR) is 78.1 cm³/mol. The number of thiazole rings is 1. The van der Waals surface area contributed by atoms with Crippen LogP contribution in [0.4, 0.5) is 5.13 Å². The zero-order chi connectivity index (χ0) is 14.7. The van der Waals surface area contributed by atoms with Gasteiger partial charge in [0.05, 0.1) is 17.8 Å². The van der Waals surface area contributed by atoms with Crippen molar-refractivity contribution in [2.45, 2.75) is 33.2 Å². The van der Waals surface area contributed by atoms with E-state index in [2.05, 4.69) is 15.4 Å². The van der Waals surface area contributed by atoms with Crippen LogP contribution in [0, 0.1) is 13.8 Å². The van der Waals surface area contributed by atoms with E-state index in [1.54, 1.807) is 0 Å². The molecular weight excluding hydrogens is 276 g/mol. The van der Waals surface area contributed by atoms with Crippen LogP contribution in [0.3, 0.4) is 0 Å². The number of nitrogens with one attached hydrogen (secondary N) is 1. The van der Waals surface area contributed by atoms with Crippen molar-refractivity contribution in [1.82, 2.24) is 14.8 Å². The standard InChI is InChI=1S/C13H18N4O2S/c1-8-11(9(2)17(3)16-8)6-14-13-15-10(7-20-13)4-5-12(18)19/h7H,4-6H2,1-3H3,(H,14,15)(H,18,19). The largest absolute Gasteiger partial charge is 0.481 e. The maximum Gasteiger partial charge on any atom is 0.303 e. The van der Waals surface area contributed by atoms with E-state index < -0.39 is 5.97 Å². The first-order valence-corrected chi connectivity index (χ1v) is 7.24. The number of nitrogens with zero attached hydrogens (tertiary/aromatic N) is 3. The molecule has 0 saturated carbocycles.